The molecule has 0 radical (unpaired) electrons. The first-order valence-electron chi connectivity index (χ1n) is 5.53. The van der Waals surface area contributed by atoms with Gasteiger partial charge in [-0.1, -0.05) is 26.2 Å². The van der Waals surface area contributed by atoms with Crippen LogP contribution in [-0.4, -0.2) is 22.1 Å². The number of nitrogens with zero attached hydrogens (tertiary/aromatic N) is 1. The number of aromatic amines is 1. The number of carbonyl (C=O) groups is 1. The van der Waals surface area contributed by atoms with Gasteiger partial charge in [0.15, 0.2) is 0 Å². The predicted octanol–water partition coefficient (Wildman–Crippen LogP) is 2.11. The minimum atomic E-state index is -0.0484. The van der Waals surface area contributed by atoms with E-state index in [-0.39, 0.29) is 11.9 Å². The topological polar surface area (TPSA) is 57.8 Å². The summed E-state index contributed by atoms with van der Waals surface area (Å²) in [6, 6.07) is 0.235. The molecular weight excluding hydrogens is 190 g/mol. The van der Waals surface area contributed by atoms with E-state index in [9.17, 15) is 4.79 Å². The molecule has 0 aliphatic heterocycles. The normalized spacial score (nSPS) is 12.4. The van der Waals surface area contributed by atoms with Gasteiger partial charge in [0.05, 0.1) is 11.8 Å². The molecule has 1 aromatic heterocycles. The molecule has 1 rings (SSSR count). The van der Waals surface area contributed by atoms with Crippen molar-refractivity contribution in [2.45, 2.75) is 45.6 Å². The summed E-state index contributed by atoms with van der Waals surface area (Å²) >= 11 is 0. The van der Waals surface area contributed by atoms with Crippen LogP contribution in [0.5, 0.6) is 0 Å². The quantitative estimate of drug-likeness (QED) is 0.705. The van der Waals surface area contributed by atoms with E-state index in [0.717, 1.165) is 6.42 Å². The van der Waals surface area contributed by atoms with E-state index in [1.54, 1.807) is 6.20 Å². The van der Waals surface area contributed by atoms with Gasteiger partial charge in [0.25, 0.3) is 5.91 Å². The molecule has 15 heavy (non-hydrogen) atoms. The molecule has 1 atom stereocenters. The maximum atomic E-state index is 11.6. The average molecular weight is 209 g/mol. The molecule has 0 fully saturated rings. The first kappa shape index (κ1) is 11.8. The highest BCUT2D eigenvalue weighted by Gasteiger charge is 2.09. The van der Waals surface area contributed by atoms with Crippen molar-refractivity contribution < 1.29 is 4.79 Å². The lowest BCUT2D eigenvalue weighted by Gasteiger charge is -2.12. The van der Waals surface area contributed by atoms with Crippen LogP contribution >= 0.6 is 0 Å². The second-order valence-corrected chi connectivity index (χ2v) is 3.86. The largest absolute Gasteiger partial charge is 0.349 e. The number of hydrogen-bond acceptors (Lipinski definition) is 2. The van der Waals surface area contributed by atoms with E-state index in [0.29, 0.717) is 5.56 Å². The summed E-state index contributed by atoms with van der Waals surface area (Å²) < 4.78 is 0. The zero-order valence-electron chi connectivity index (χ0n) is 9.42. The Labute approximate surface area is 90.5 Å². The van der Waals surface area contributed by atoms with Gasteiger partial charge < -0.3 is 5.32 Å². The smallest absolute Gasteiger partial charge is 0.254 e. The molecule has 1 unspecified atom stereocenters. The molecule has 4 heteroatoms. The van der Waals surface area contributed by atoms with Crippen LogP contribution in [0.3, 0.4) is 0 Å². The fourth-order valence-corrected chi connectivity index (χ4v) is 1.45. The number of hydrogen-bond donors (Lipinski definition) is 2. The maximum Gasteiger partial charge on any atom is 0.254 e. The molecule has 0 aliphatic rings. The Bertz CT molecular complexity index is 282. The summed E-state index contributed by atoms with van der Waals surface area (Å²) in [5, 5.41) is 9.31. The minimum Gasteiger partial charge on any atom is -0.349 e. The summed E-state index contributed by atoms with van der Waals surface area (Å²) in [6.07, 6.45) is 7.79. The number of unbranched alkanes of at least 4 members (excludes halogenated alkanes) is 2. The summed E-state index contributed by atoms with van der Waals surface area (Å²) in [7, 11) is 0. The number of rotatable bonds is 6. The molecule has 2 N–H and O–H groups in total. The second-order valence-electron chi connectivity index (χ2n) is 3.86. The third-order valence-corrected chi connectivity index (χ3v) is 2.38. The predicted molar refractivity (Wildman–Crippen MR) is 59.7 cm³/mol. The van der Waals surface area contributed by atoms with Crippen molar-refractivity contribution in [1.29, 1.82) is 0 Å². The van der Waals surface area contributed by atoms with Gasteiger partial charge in [-0.05, 0) is 13.3 Å². The highest BCUT2D eigenvalue weighted by Crippen LogP contribution is 2.04. The zero-order valence-corrected chi connectivity index (χ0v) is 9.42. The van der Waals surface area contributed by atoms with E-state index in [1.807, 2.05) is 6.92 Å². The van der Waals surface area contributed by atoms with Gasteiger partial charge in [0.1, 0.15) is 0 Å². The maximum absolute atomic E-state index is 11.6. The summed E-state index contributed by atoms with van der Waals surface area (Å²) in [6.45, 7) is 4.21. The van der Waals surface area contributed by atoms with E-state index in [4.69, 9.17) is 0 Å². The van der Waals surface area contributed by atoms with Crippen LogP contribution in [0.1, 0.15) is 49.9 Å². The molecular formula is C11H19N3O. The SMILES string of the molecule is CCCCCC(C)NC(=O)c1cn[nH]c1. The van der Waals surface area contributed by atoms with Gasteiger partial charge in [-0.25, -0.2) is 0 Å². The van der Waals surface area contributed by atoms with Crippen molar-refractivity contribution in [3.8, 4) is 0 Å². The van der Waals surface area contributed by atoms with Crippen molar-refractivity contribution in [1.82, 2.24) is 15.5 Å². The Kier molecular flexibility index (Phi) is 4.87. The first-order chi connectivity index (χ1) is 7.24. The van der Waals surface area contributed by atoms with Crippen molar-refractivity contribution >= 4 is 5.91 Å². The van der Waals surface area contributed by atoms with Crippen molar-refractivity contribution in [2.75, 3.05) is 0 Å². The van der Waals surface area contributed by atoms with Gasteiger partial charge in [-0.15, -0.1) is 0 Å². The van der Waals surface area contributed by atoms with Crippen LogP contribution in [0.4, 0.5) is 0 Å². The van der Waals surface area contributed by atoms with Gasteiger partial charge in [-0.3, -0.25) is 9.89 Å². The highest BCUT2D eigenvalue weighted by molar-refractivity contribution is 5.93. The molecule has 0 aromatic carbocycles. The zero-order chi connectivity index (χ0) is 11.1. The standard InChI is InChI=1S/C11H19N3O/c1-3-4-5-6-9(2)14-11(15)10-7-12-13-8-10/h7-9H,3-6H2,1-2H3,(H,12,13)(H,14,15). The Morgan fingerprint density at radius 1 is 1.60 bits per heavy atom. The Morgan fingerprint density at radius 3 is 3.00 bits per heavy atom. The van der Waals surface area contributed by atoms with Crippen LogP contribution in [0.15, 0.2) is 12.4 Å². The fourth-order valence-electron chi connectivity index (χ4n) is 1.45. The van der Waals surface area contributed by atoms with E-state index in [2.05, 4.69) is 22.4 Å². The molecule has 1 aromatic rings. The van der Waals surface area contributed by atoms with Crippen LogP contribution in [0.25, 0.3) is 0 Å². The summed E-state index contributed by atoms with van der Waals surface area (Å²) in [5.74, 6) is -0.0484. The molecule has 0 spiro atoms. The van der Waals surface area contributed by atoms with Gasteiger partial charge in [-0.2, -0.15) is 5.10 Å². The van der Waals surface area contributed by atoms with Gasteiger partial charge in [0.2, 0.25) is 0 Å². The third kappa shape index (κ3) is 4.14. The molecule has 0 bridgehead atoms. The second kappa shape index (κ2) is 6.22. The Morgan fingerprint density at radius 2 is 2.40 bits per heavy atom. The number of nitrogens with one attached hydrogen (secondary N) is 2. The van der Waals surface area contributed by atoms with Crippen LogP contribution in [0.2, 0.25) is 0 Å². The van der Waals surface area contributed by atoms with Crippen molar-refractivity contribution in [3.05, 3.63) is 18.0 Å². The average Bonchev–Trinajstić information content (AvgIpc) is 2.70. The Hall–Kier alpha value is -1.32. The van der Waals surface area contributed by atoms with Crippen LogP contribution < -0.4 is 5.32 Å². The monoisotopic (exact) mass is 209 g/mol. The molecule has 1 amide bonds. The molecule has 0 saturated carbocycles. The summed E-state index contributed by atoms with van der Waals surface area (Å²) in [5.41, 5.74) is 0.595. The summed E-state index contributed by atoms with van der Waals surface area (Å²) in [4.78, 5) is 11.6. The minimum absolute atomic E-state index is 0.0484. The third-order valence-electron chi connectivity index (χ3n) is 2.38. The first-order valence-corrected chi connectivity index (χ1v) is 5.53. The van der Waals surface area contributed by atoms with Gasteiger partial charge >= 0.3 is 0 Å². The van der Waals surface area contributed by atoms with E-state index in [1.165, 1.54) is 25.5 Å². The van der Waals surface area contributed by atoms with Crippen LogP contribution in [-0.2, 0) is 0 Å². The number of aromatic nitrogens is 2. The van der Waals surface area contributed by atoms with E-state index < -0.39 is 0 Å². The van der Waals surface area contributed by atoms with Gasteiger partial charge in [0, 0.05) is 12.2 Å². The number of H-pyrrole nitrogens is 1. The van der Waals surface area contributed by atoms with Crippen LogP contribution in [0, 0.1) is 0 Å². The fraction of sp³-hybridized carbons (Fsp3) is 0.636. The molecule has 0 saturated heterocycles. The Balaban J connectivity index is 2.26. The lowest BCUT2D eigenvalue weighted by molar-refractivity contribution is 0.0938. The molecule has 4 nitrogen and oxygen atoms in total. The lowest BCUT2D eigenvalue weighted by atomic mass is 10.1. The molecule has 0 aliphatic carbocycles. The number of carbonyl (C=O) groups excluding carboxylic acids is 1. The van der Waals surface area contributed by atoms with E-state index >= 15 is 0 Å². The van der Waals surface area contributed by atoms with Crippen molar-refractivity contribution in [3.63, 3.8) is 0 Å². The lowest BCUT2D eigenvalue weighted by Crippen LogP contribution is -2.32. The molecule has 84 valence electrons. The van der Waals surface area contributed by atoms with Crippen molar-refractivity contribution in [2.24, 2.45) is 0 Å². The highest BCUT2D eigenvalue weighted by atomic mass is 16.1. The molecule has 1 heterocycles. The number of amides is 1.